The number of nitrogens with zero attached hydrogens (tertiary/aromatic N) is 1. The van der Waals surface area contributed by atoms with Crippen molar-refractivity contribution in [3.05, 3.63) is 88.7 Å². The largest absolute Gasteiger partial charge is 0.492 e. The van der Waals surface area contributed by atoms with Crippen molar-refractivity contribution in [3.8, 4) is 5.75 Å². The molecule has 0 amide bonds. The fourth-order valence-electron chi connectivity index (χ4n) is 4.29. The lowest BCUT2D eigenvalue weighted by Gasteiger charge is -2.16. The van der Waals surface area contributed by atoms with E-state index in [9.17, 15) is 9.59 Å². The Labute approximate surface area is 203 Å². The van der Waals surface area contributed by atoms with Crippen molar-refractivity contribution in [2.24, 2.45) is 5.16 Å². The Hall–Kier alpha value is -4.13. The molecule has 0 fully saturated rings. The quantitative estimate of drug-likeness (QED) is 0.211. The highest BCUT2D eigenvalue weighted by Gasteiger charge is 2.21. The van der Waals surface area contributed by atoms with Crippen LogP contribution in [0.1, 0.15) is 46.9 Å². The first kappa shape index (κ1) is 24.0. The number of aromatic amines is 1. The molecule has 7 nitrogen and oxygen atoms in total. The van der Waals surface area contributed by atoms with Crippen molar-refractivity contribution in [1.82, 2.24) is 4.98 Å². The predicted octanol–water partition coefficient (Wildman–Crippen LogP) is 5.27. The number of ether oxygens (including phenoxy) is 1. The first-order valence-electron chi connectivity index (χ1n) is 11.7. The average Bonchev–Trinajstić information content (AvgIpc) is 3.26. The zero-order chi connectivity index (χ0) is 24.8. The average molecular weight is 473 g/mol. The number of carboxylic acids is 1. The van der Waals surface area contributed by atoms with E-state index >= 15 is 0 Å². The maximum Gasteiger partial charge on any atom is 0.307 e. The van der Waals surface area contributed by atoms with Gasteiger partial charge in [-0.15, -0.1) is 0 Å². The molecule has 3 N–H and O–H groups in total. The second kappa shape index (κ2) is 10.9. The number of Topliss-reactive ketones (excluding diaryl/α,β-unsaturated/α-hetero) is 1. The summed E-state index contributed by atoms with van der Waals surface area (Å²) in [6.07, 6.45) is 7.75. The normalized spacial score (nSPS) is 14.3. The molecule has 0 spiro atoms. The van der Waals surface area contributed by atoms with Gasteiger partial charge in [-0.3, -0.25) is 9.59 Å². The number of benzene rings is 2. The van der Waals surface area contributed by atoms with Crippen LogP contribution in [0.2, 0.25) is 0 Å². The molecule has 1 heterocycles. The summed E-state index contributed by atoms with van der Waals surface area (Å²) in [6, 6.07) is 13.3. The Morgan fingerprint density at radius 2 is 1.97 bits per heavy atom. The monoisotopic (exact) mass is 472 g/mol. The summed E-state index contributed by atoms with van der Waals surface area (Å²) in [7, 11) is 0. The summed E-state index contributed by atoms with van der Waals surface area (Å²) in [5.41, 5.74) is 5.25. The van der Waals surface area contributed by atoms with Crippen LogP contribution < -0.4 is 4.74 Å². The Bertz CT molecular complexity index is 1350. The molecule has 0 saturated heterocycles. The Morgan fingerprint density at radius 1 is 1.11 bits per heavy atom. The molecule has 0 bridgehead atoms. The standard InChI is InChI=1S/C28H28N2O5/c1-2-4-19-5-3-6-25(27(19)28(33)20-8-10-22(30-34)11-9-20)35-14-13-23-17-21-15-18(16-26(31)32)7-12-24(21)29-23/h3,5-10,12,15,17,29,34H,2,4,11,13-14,16H2,1H3,(H,31,32). The van der Waals surface area contributed by atoms with Crippen molar-refractivity contribution < 1.29 is 24.6 Å². The molecule has 2 aromatic carbocycles. The van der Waals surface area contributed by atoms with Gasteiger partial charge in [0.1, 0.15) is 5.75 Å². The number of H-pyrrole nitrogens is 1. The van der Waals surface area contributed by atoms with Gasteiger partial charge in [-0.2, -0.15) is 0 Å². The van der Waals surface area contributed by atoms with Crippen LogP contribution in [-0.4, -0.2) is 39.4 Å². The van der Waals surface area contributed by atoms with Crippen molar-refractivity contribution in [2.45, 2.75) is 39.0 Å². The first-order chi connectivity index (χ1) is 17.0. The Kier molecular flexibility index (Phi) is 7.45. The van der Waals surface area contributed by atoms with E-state index in [2.05, 4.69) is 17.1 Å². The number of carbonyl (C=O) groups excluding carboxylic acids is 1. The maximum atomic E-state index is 13.4. The number of hydrogen-bond acceptors (Lipinski definition) is 5. The molecule has 3 aromatic rings. The molecular weight excluding hydrogens is 444 g/mol. The minimum absolute atomic E-state index is 0.00972. The number of hydrogen-bond donors (Lipinski definition) is 3. The molecule has 1 aliphatic carbocycles. The van der Waals surface area contributed by atoms with Gasteiger partial charge in [0.2, 0.25) is 0 Å². The molecule has 1 aliphatic rings. The topological polar surface area (TPSA) is 112 Å². The molecule has 0 saturated carbocycles. The zero-order valence-electron chi connectivity index (χ0n) is 19.6. The molecule has 180 valence electrons. The zero-order valence-corrected chi connectivity index (χ0v) is 19.6. The molecule has 0 radical (unpaired) electrons. The van der Waals surface area contributed by atoms with Crippen LogP contribution in [0.25, 0.3) is 10.9 Å². The van der Waals surface area contributed by atoms with Crippen molar-refractivity contribution >= 4 is 28.4 Å². The number of aryl methyl sites for hydroxylation is 1. The van der Waals surface area contributed by atoms with E-state index in [1.807, 2.05) is 42.5 Å². The van der Waals surface area contributed by atoms with Crippen LogP contribution in [-0.2, 0) is 24.1 Å². The number of aromatic nitrogens is 1. The van der Waals surface area contributed by atoms with Crippen LogP contribution in [0.5, 0.6) is 5.75 Å². The van der Waals surface area contributed by atoms with E-state index in [4.69, 9.17) is 15.1 Å². The van der Waals surface area contributed by atoms with E-state index in [-0.39, 0.29) is 12.2 Å². The summed E-state index contributed by atoms with van der Waals surface area (Å²) in [5, 5.41) is 22.1. The highest BCUT2D eigenvalue weighted by molar-refractivity contribution is 6.15. The van der Waals surface area contributed by atoms with Gasteiger partial charge in [0.15, 0.2) is 5.78 Å². The van der Waals surface area contributed by atoms with Gasteiger partial charge in [-0.05, 0) is 59.4 Å². The number of fused-ring (bicyclic) bond motifs is 1. The summed E-state index contributed by atoms with van der Waals surface area (Å²) in [5.74, 6) is -0.406. The highest BCUT2D eigenvalue weighted by atomic mass is 16.5. The molecule has 0 atom stereocenters. The third kappa shape index (κ3) is 5.69. The lowest BCUT2D eigenvalue weighted by molar-refractivity contribution is -0.136. The van der Waals surface area contributed by atoms with Gasteiger partial charge in [0.05, 0.1) is 24.3 Å². The second-order valence-corrected chi connectivity index (χ2v) is 8.54. The maximum absolute atomic E-state index is 13.4. The molecule has 0 unspecified atom stereocenters. The number of ketones is 1. The van der Waals surface area contributed by atoms with Crippen molar-refractivity contribution in [3.63, 3.8) is 0 Å². The SMILES string of the molecule is CCCc1cccc(OCCc2cc3cc(CC(=O)O)ccc3[nH]2)c1C(=O)C1=CCC(=NO)C=C1. The lowest BCUT2D eigenvalue weighted by Crippen LogP contribution is -2.13. The summed E-state index contributed by atoms with van der Waals surface area (Å²) >= 11 is 0. The fraction of sp³-hybridized carbons (Fsp3) is 0.250. The fourth-order valence-corrected chi connectivity index (χ4v) is 4.29. The van der Waals surface area contributed by atoms with Gasteiger partial charge >= 0.3 is 5.97 Å². The van der Waals surface area contributed by atoms with Gasteiger partial charge in [-0.1, -0.05) is 42.8 Å². The van der Waals surface area contributed by atoms with E-state index in [1.54, 1.807) is 18.2 Å². The van der Waals surface area contributed by atoms with Crippen molar-refractivity contribution in [1.29, 1.82) is 0 Å². The molecule has 7 heteroatoms. The summed E-state index contributed by atoms with van der Waals surface area (Å²) < 4.78 is 6.12. The number of oxime groups is 1. The summed E-state index contributed by atoms with van der Waals surface area (Å²) in [6.45, 7) is 2.45. The van der Waals surface area contributed by atoms with Crippen LogP contribution in [0.4, 0.5) is 0 Å². The number of allylic oxidation sites excluding steroid dienone is 4. The van der Waals surface area contributed by atoms with E-state index in [1.165, 1.54) is 0 Å². The van der Waals surface area contributed by atoms with Gasteiger partial charge in [0, 0.05) is 29.6 Å². The highest BCUT2D eigenvalue weighted by Crippen LogP contribution is 2.28. The van der Waals surface area contributed by atoms with Crippen LogP contribution >= 0.6 is 0 Å². The number of carbonyl (C=O) groups is 2. The van der Waals surface area contributed by atoms with Gasteiger partial charge in [0.25, 0.3) is 0 Å². The van der Waals surface area contributed by atoms with E-state index < -0.39 is 5.97 Å². The third-order valence-electron chi connectivity index (χ3n) is 5.96. The number of carboxylic acid groups (broad SMARTS) is 1. The van der Waals surface area contributed by atoms with Crippen LogP contribution in [0.15, 0.2) is 71.4 Å². The van der Waals surface area contributed by atoms with Gasteiger partial charge < -0.3 is 20.0 Å². The van der Waals surface area contributed by atoms with Crippen molar-refractivity contribution in [2.75, 3.05) is 6.61 Å². The molecule has 1 aromatic heterocycles. The third-order valence-corrected chi connectivity index (χ3v) is 5.96. The minimum atomic E-state index is -0.856. The number of nitrogens with one attached hydrogen (secondary N) is 1. The second-order valence-electron chi connectivity index (χ2n) is 8.54. The molecular formula is C28H28N2O5. The lowest BCUT2D eigenvalue weighted by atomic mass is 9.92. The van der Waals surface area contributed by atoms with E-state index in [0.29, 0.717) is 42.0 Å². The smallest absolute Gasteiger partial charge is 0.307 e. The predicted molar refractivity (Wildman–Crippen MR) is 135 cm³/mol. The van der Waals surface area contributed by atoms with Crippen LogP contribution in [0, 0.1) is 0 Å². The first-order valence-corrected chi connectivity index (χ1v) is 11.7. The Balaban J connectivity index is 1.51. The molecule has 4 rings (SSSR count). The number of rotatable bonds is 10. The van der Waals surface area contributed by atoms with E-state index in [0.717, 1.165) is 40.6 Å². The molecule has 0 aliphatic heterocycles. The van der Waals surface area contributed by atoms with Gasteiger partial charge in [-0.25, -0.2) is 0 Å². The summed E-state index contributed by atoms with van der Waals surface area (Å²) in [4.78, 5) is 27.8. The molecule has 35 heavy (non-hydrogen) atoms. The number of aliphatic carboxylic acids is 1. The Morgan fingerprint density at radius 3 is 2.69 bits per heavy atom. The minimum Gasteiger partial charge on any atom is -0.492 e. The van der Waals surface area contributed by atoms with Crippen LogP contribution in [0.3, 0.4) is 0 Å².